The van der Waals surface area contributed by atoms with Crippen LogP contribution in [0.2, 0.25) is 0 Å². The standard InChI is InChI=1S/C16H18N4O3/c1-18-14(21)11-23-16(18)5-9-19(10-6-16)15(22)12-3-2-8-20-13(12)4-7-17-20/h2-4,7-8H,5-6,9-11H2,1H3. The second-order valence-electron chi connectivity index (χ2n) is 6.06. The molecule has 2 amide bonds. The molecule has 4 heterocycles. The predicted octanol–water partition coefficient (Wildman–Crippen LogP) is 0.755. The number of pyridine rings is 1. The zero-order chi connectivity index (χ0) is 16.0. The molecule has 2 aliphatic rings. The van der Waals surface area contributed by atoms with Crippen LogP contribution in [0.4, 0.5) is 0 Å². The van der Waals surface area contributed by atoms with Gasteiger partial charge in [-0.3, -0.25) is 9.59 Å². The van der Waals surface area contributed by atoms with E-state index >= 15 is 0 Å². The number of carbonyl (C=O) groups is 2. The van der Waals surface area contributed by atoms with Crippen LogP contribution in [0.5, 0.6) is 0 Å². The first-order valence-corrected chi connectivity index (χ1v) is 7.73. The third kappa shape index (κ3) is 2.11. The molecule has 120 valence electrons. The molecular formula is C16H18N4O3. The number of rotatable bonds is 1. The van der Waals surface area contributed by atoms with E-state index in [2.05, 4.69) is 5.10 Å². The molecule has 2 aromatic rings. The van der Waals surface area contributed by atoms with Crippen molar-refractivity contribution in [3.05, 3.63) is 36.2 Å². The second-order valence-corrected chi connectivity index (χ2v) is 6.06. The maximum atomic E-state index is 12.8. The monoisotopic (exact) mass is 314 g/mol. The van der Waals surface area contributed by atoms with Crippen molar-refractivity contribution in [3.63, 3.8) is 0 Å². The van der Waals surface area contributed by atoms with E-state index in [1.54, 1.807) is 22.7 Å². The van der Waals surface area contributed by atoms with Gasteiger partial charge < -0.3 is 14.5 Å². The summed E-state index contributed by atoms with van der Waals surface area (Å²) in [5, 5.41) is 4.16. The van der Waals surface area contributed by atoms with Crippen molar-refractivity contribution in [2.75, 3.05) is 26.7 Å². The van der Waals surface area contributed by atoms with Gasteiger partial charge >= 0.3 is 0 Å². The molecule has 0 atom stereocenters. The Morgan fingerprint density at radius 2 is 2.09 bits per heavy atom. The summed E-state index contributed by atoms with van der Waals surface area (Å²) in [6, 6.07) is 5.49. The van der Waals surface area contributed by atoms with Crippen LogP contribution in [-0.2, 0) is 9.53 Å². The van der Waals surface area contributed by atoms with Gasteiger partial charge in [0.2, 0.25) is 0 Å². The number of piperidine rings is 1. The zero-order valence-electron chi connectivity index (χ0n) is 12.9. The number of likely N-dealkylation sites (tertiary alicyclic amines) is 1. The van der Waals surface area contributed by atoms with E-state index < -0.39 is 5.72 Å². The Balaban J connectivity index is 1.54. The van der Waals surface area contributed by atoms with E-state index in [-0.39, 0.29) is 18.4 Å². The molecule has 0 saturated carbocycles. The predicted molar refractivity (Wildman–Crippen MR) is 81.8 cm³/mol. The first-order chi connectivity index (χ1) is 11.1. The number of fused-ring (bicyclic) bond motifs is 1. The molecular weight excluding hydrogens is 296 g/mol. The van der Waals surface area contributed by atoms with Gasteiger partial charge in [-0.05, 0) is 18.2 Å². The van der Waals surface area contributed by atoms with Gasteiger partial charge in [0.1, 0.15) is 12.3 Å². The maximum Gasteiger partial charge on any atom is 0.256 e. The molecule has 0 bridgehead atoms. The third-order valence-electron chi connectivity index (χ3n) is 4.95. The minimum atomic E-state index is -0.531. The number of nitrogens with zero attached hydrogens (tertiary/aromatic N) is 4. The van der Waals surface area contributed by atoms with Crippen molar-refractivity contribution in [1.82, 2.24) is 19.4 Å². The van der Waals surface area contributed by atoms with Crippen molar-refractivity contribution in [2.45, 2.75) is 18.6 Å². The fourth-order valence-corrected chi connectivity index (χ4v) is 3.46. The van der Waals surface area contributed by atoms with Gasteiger partial charge in [0.05, 0.1) is 17.3 Å². The highest BCUT2D eigenvalue weighted by Gasteiger charge is 2.47. The summed E-state index contributed by atoms with van der Waals surface area (Å²) in [5.41, 5.74) is 0.927. The normalized spacial score (nSPS) is 20.7. The average Bonchev–Trinajstić information content (AvgIpc) is 3.16. The summed E-state index contributed by atoms with van der Waals surface area (Å²) >= 11 is 0. The molecule has 0 unspecified atom stereocenters. The van der Waals surface area contributed by atoms with Gasteiger partial charge in [0, 0.05) is 39.2 Å². The minimum absolute atomic E-state index is 0.00192. The molecule has 0 N–H and O–H groups in total. The molecule has 2 saturated heterocycles. The largest absolute Gasteiger partial charge is 0.346 e. The molecule has 2 fully saturated rings. The Morgan fingerprint density at radius 1 is 1.30 bits per heavy atom. The number of ether oxygens (including phenoxy) is 1. The number of likely N-dealkylation sites (N-methyl/N-ethyl adjacent to an activating group) is 1. The van der Waals surface area contributed by atoms with Gasteiger partial charge in [0.15, 0.2) is 0 Å². The fourth-order valence-electron chi connectivity index (χ4n) is 3.46. The van der Waals surface area contributed by atoms with Crippen molar-refractivity contribution >= 4 is 17.3 Å². The maximum absolute atomic E-state index is 12.8. The lowest BCUT2D eigenvalue weighted by molar-refractivity contribution is -0.135. The van der Waals surface area contributed by atoms with Crippen molar-refractivity contribution in [2.24, 2.45) is 0 Å². The number of aromatic nitrogens is 2. The van der Waals surface area contributed by atoms with Gasteiger partial charge in [-0.2, -0.15) is 5.10 Å². The zero-order valence-corrected chi connectivity index (χ0v) is 12.9. The van der Waals surface area contributed by atoms with Crippen LogP contribution in [0.15, 0.2) is 30.6 Å². The van der Waals surface area contributed by atoms with Crippen LogP contribution >= 0.6 is 0 Å². The van der Waals surface area contributed by atoms with Gasteiger partial charge in [-0.25, -0.2) is 4.52 Å². The van der Waals surface area contributed by atoms with Crippen LogP contribution < -0.4 is 0 Å². The summed E-state index contributed by atoms with van der Waals surface area (Å²) in [6.45, 7) is 1.29. The quantitative estimate of drug-likeness (QED) is 0.779. The van der Waals surface area contributed by atoms with Crippen LogP contribution in [0.25, 0.3) is 5.52 Å². The van der Waals surface area contributed by atoms with E-state index in [0.717, 1.165) is 5.52 Å². The summed E-state index contributed by atoms with van der Waals surface area (Å²) < 4.78 is 7.42. The topological polar surface area (TPSA) is 67.2 Å². The first kappa shape index (κ1) is 14.2. The van der Waals surface area contributed by atoms with Crippen molar-refractivity contribution in [1.29, 1.82) is 0 Å². The van der Waals surface area contributed by atoms with Crippen LogP contribution in [0, 0.1) is 0 Å². The second kappa shape index (κ2) is 5.06. The smallest absolute Gasteiger partial charge is 0.256 e. The lowest BCUT2D eigenvalue weighted by Crippen LogP contribution is -2.53. The highest BCUT2D eigenvalue weighted by Crippen LogP contribution is 2.34. The van der Waals surface area contributed by atoms with E-state index in [9.17, 15) is 9.59 Å². The van der Waals surface area contributed by atoms with Gasteiger partial charge in [0.25, 0.3) is 11.8 Å². The van der Waals surface area contributed by atoms with Crippen molar-refractivity contribution in [3.8, 4) is 0 Å². The minimum Gasteiger partial charge on any atom is -0.346 e. The Morgan fingerprint density at radius 3 is 2.78 bits per heavy atom. The molecule has 23 heavy (non-hydrogen) atoms. The molecule has 0 radical (unpaired) electrons. The summed E-state index contributed by atoms with van der Waals surface area (Å²) in [4.78, 5) is 28.1. The van der Waals surface area contributed by atoms with Crippen LogP contribution in [-0.4, -0.2) is 63.7 Å². The Kier molecular flexibility index (Phi) is 3.12. The molecule has 1 spiro atoms. The Labute approximate surface area is 133 Å². The highest BCUT2D eigenvalue weighted by molar-refractivity contribution is 6.00. The van der Waals surface area contributed by atoms with Gasteiger partial charge in [-0.15, -0.1) is 0 Å². The summed E-state index contributed by atoms with van der Waals surface area (Å²) in [5.74, 6) is 0.00623. The number of carbonyl (C=O) groups excluding carboxylic acids is 2. The lowest BCUT2D eigenvalue weighted by Gasteiger charge is -2.42. The molecule has 2 aliphatic heterocycles. The van der Waals surface area contributed by atoms with Crippen molar-refractivity contribution < 1.29 is 14.3 Å². The summed E-state index contributed by atoms with van der Waals surface area (Å²) in [6.07, 6.45) is 4.79. The Bertz CT molecular complexity index is 776. The fraction of sp³-hybridized carbons (Fsp3) is 0.438. The number of hydrogen-bond acceptors (Lipinski definition) is 4. The molecule has 0 aliphatic carbocycles. The number of hydrogen-bond donors (Lipinski definition) is 0. The highest BCUT2D eigenvalue weighted by atomic mass is 16.5. The van der Waals surface area contributed by atoms with E-state index in [1.165, 1.54) is 0 Å². The summed E-state index contributed by atoms with van der Waals surface area (Å²) in [7, 11) is 1.78. The molecule has 7 heteroatoms. The molecule has 2 aromatic heterocycles. The molecule has 0 aromatic carbocycles. The molecule has 4 rings (SSSR count). The SMILES string of the molecule is CN1C(=O)COC12CCN(C(=O)c1cccn3nccc13)CC2. The van der Waals surface area contributed by atoms with E-state index in [0.29, 0.717) is 31.5 Å². The van der Waals surface area contributed by atoms with E-state index in [1.807, 2.05) is 29.3 Å². The lowest BCUT2D eigenvalue weighted by atomic mass is 9.98. The number of amides is 2. The van der Waals surface area contributed by atoms with E-state index in [4.69, 9.17) is 4.74 Å². The van der Waals surface area contributed by atoms with Gasteiger partial charge in [-0.1, -0.05) is 0 Å². The Hall–Kier alpha value is -2.41. The average molecular weight is 314 g/mol. The first-order valence-electron chi connectivity index (χ1n) is 7.73. The molecule has 7 nitrogen and oxygen atoms in total. The van der Waals surface area contributed by atoms with Crippen LogP contribution in [0.1, 0.15) is 23.2 Å². The third-order valence-corrected chi connectivity index (χ3v) is 4.95. The van der Waals surface area contributed by atoms with Crippen LogP contribution in [0.3, 0.4) is 0 Å².